The number of hydrogen-bond donors (Lipinski definition) is 7. The molecule has 0 saturated heterocycles. The van der Waals surface area contributed by atoms with Gasteiger partial charge in [-0.25, -0.2) is 8.42 Å². The molecule has 0 saturated carbocycles. The molecule has 45 heavy (non-hydrogen) atoms. The first-order valence-corrected chi connectivity index (χ1v) is 15.7. The first-order chi connectivity index (χ1) is 21.3. The molecule has 4 aromatic carbocycles. The fourth-order valence-electron chi connectivity index (χ4n) is 4.35. The van der Waals surface area contributed by atoms with Gasteiger partial charge in [0.2, 0.25) is 15.9 Å². The Kier molecular flexibility index (Phi) is 10.8. The molecule has 0 aliphatic carbocycles. The van der Waals surface area contributed by atoms with Crippen LogP contribution in [0, 0.1) is 6.92 Å². The Bertz CT molecular complexity index is 1910. The van der Waals surface area contributed by atoms with E-state index in [2.05, 4.69) is 51.0 Å². The van der Waals surface area contributed by atoms with Crippen LogP contribution in [0.1, 0.15) is 12.5 Å². The Balaban J connectivity index is 1.59. The lowest BCUT2D eigenvalue weighted by molar-refractivity contribution is -0.114. The van der Waals surface area contributed by atoms with E-state index < -0.39 is 23.2 Å². The van der Waals surface area contributed by atoms with Gasteiger partial charge in [0.1, 0.15) is 17.1 Å². The van der Waals surface area contributed by atoms with Crippen molar-refractivity contribution in [1.29, 1.82) is 0 Å². The molecule has 0 atom stereocenters. The maximum atomic E-state index is 12.8. The zero-order chi connectivity index (χ0) is 32.9. The number of thiol groups is 2. The summed E-state index contributed by atoms with van der Waals surface area (Å²) in [6.45, 7) is 1.97. The van der Waals surface area contributed by atoms with E-state index >= 15 is 0 Å². The first-order valence-electron chi connectivity index (χ1n) is 13.3. The zero-order valence-electron chi connectivity index (χ0n) is 24.1. The fraction of sp³-hybridized carbons (Fsp3) is 0.207. The number of phenolic OH excluding ortho intramolecular Hbond substituents is 2. The summed E-state index contributed by atoms with van der Waals surface area (Å²) in [7, 11) is -3.93. The van der Waals surface area contributed by atoms with Crippen molar-refractivity contribution in [1.82, 2.24) is 4.31 Å². The topological polar surface area (TPSA) is 197 Å². The summed E-state index contributed by atoms with van der Waals surface area (Å²) in [5, 5.41) is 60.1. The number of fused-ring (bicyclic) bond motifs is 1. The summed E-state index contributed by atoms with van der Waals surface area (Å²) < 4.78 is 26.6. The van der Waals surface area contributed by atoms with Crippen LogP contribution in [-0.2, 0) is 14.8 Å². The molecule has 1 amide bonds. The molecule has 0 spiro atoms. The minimum atomic E-state index is -3.93. The van der Waals surface area contributed by atoms with Gasteiger partial charge in [-0.1, -0.05) is 0 Å². The molecule has 0 aromatic heterocycles. The Morgan fingerprint density at radius 1 is 0.889 bits per heavy atom. The summed E-state index contributed by atoms with van der Waals surface area (Å²) in [5.41, 5.74) is 1.66. The van der Waals surface area contributed by atoms with Crippen molar-refractivity contribution in [3.8, 4) is 11.5 Å². The van der Waals surface area contributed by atoms with Crippen LogP contribution in [0.25, 0.3) is 10.8 Å². The molecule has 16 heteroatoms. The van der Waals surface area contributed by atoms with Gasteiger partial charge in [-0.15, -0.1) is 35.5 Å². The van der Waals surface area contributed by atoms with Gasteiger partial charge in [0.25, 0.3) is 0 Å². The summed E-state index contributed by atoms with van der Waals surface area (Å²) in [5.74, 6) is -0.879. The van der Waals surface area contributed by atoms with E-state index in [4.69, 9.17) is 10.2 Å². The zero-order valence-corrected chi connectivity index (χ0v) is 26.7. The predicted molar refractivity (Wildman–Crippen MR) is 175 cm³/mol. The smallest absolute Gasteiger partial charge is 0.243 e. The Labute approximate surface area is 269 Å². The van der Waals surface area contributed by atoms with E-state index in [-0.39, 0.29) is 46.8 Å². The number of rotatable bonds is 11. The van der Waals surface area contributed by atoms with Crippen LogP contribution in [-0.4, -0.2) is 65.4 Å². The van der Waals surface area contributed by atoms with Crippen LogP contribution < -0.4 is 5.32 Å². The van der Waals surface area contributed by atoms with Crippen molar-refractivity contribution in [2.75, 3.05) is 31.6 Å². The number of aromatic hydroxyl groups is 2. The van der Waals surface area contributed by atoms with Gasteiger partial charge >= 0.3 is 0 Å². The van der Waals surface area contributed by atoms with Crippen molar-refractivity contribution < 1.29 is 33.6 Å². The molecule has 0 heterocycles. The highest BCUT2D eigenvalue weighted by Crippen LogP contribution is 2.45. The number of benzene rings is 4. The third-order valence-electron chi connectivity index (χ3n) is 6.46. The summed E-state index contributed by atoms with van der Waals surface area (Å²) >= 11 is 8.79. The molecule has 13 nitrogen and oxygen atoms in total. The van der Waals surface area contributed by atoms with Crippen molar-refractivity contribution in [3.05, 3.63) is 60.2 Å². The van der Waals surface area contributed by atoms with Gasteiger partial charge in [0.15, 0.2) is 5.75 Å². The fourth-order valence-corrected chi connectivity index (χ4v) is 6.33. The number of nitrogens with one attached hydrogen (secondary N) is 1. The number of aliphatic hydroxyl groups excluding tert-OH is 2. The Morgan fingerprint density at radius 3 is 2.16 bits per heavy atom. The van der Waals surface area contributed by atoms with Gasteiger partial charge in [-0.05, 0) is 66.4 Å². The summed E-state index contributed by atoms with van der Waals surface area (Å²) in [6, 6.07) is 13.4. The van der Waals surface area contributed by atoms with Crippen molar-refractivity contribution in [3.63, 3.8) is 0 Å². The average Bonchev–Trinajstić information content (AvgIpc) is 2.97. The molecule has 4 aromatic rings. The van der Waals surface area contributed by atoms with Crippen LogP contribution in [0.2, 0.25) is 0 Å². The molecule has 0 bridgehead atoms. The third kappa shape index (κ3) is 7.78. The number of nitrogens with zero attached hydrogens (tertiary/aromatic N) is 5. The van der Waals surface area contributed by atoms with Crippen LogP contribution >= 0.6 is 25.3 Å². The molecule has 5 N–H and O–H groups in total. The molecular weight excluding hydrogens is 641 g/mol. The minimum absolute atomic E-state index is 0.0199. The van der Waals surface area contributed by atoms with Gasteiger partial charge in [0.05, 0.1) is 35.2 Å². The molecular formula is C29H30N6O7S3. The molecule has 0 aliphatic rings. The lowest BCUT2D eigenvalue weighted by atomic mass is 10.1. The second kappa shape index (κ2) is 14.4. The van der Waals surface area contributed by atoms with E-state index in [0.29, 0.717) is 43.2 Å². The van der Waals surface area contributed by atoms with E-state index in [1.807, 2.05) is 0 Å². The van der Waals surface area contributed by atoms with E-state index in [0.717, 1.165) is 4.31 Å². The van der Waals surface area contributed by atoms with Crippen molar-refractivity contribution in [2.45, 2.75) is 28.5 Å². The van der Waals surface area contributed by atoms with Crippen LogP contribution in [0.5, 0.6) is 11.5 Å². The van der Waals surface area contributed by atoms with Crippen LogP contribution in [0.4, 0.5) is 28.4 Å². The standard InChI is InChI=1S/C29H30N6O7S3/c1-16-11-23(33-34-28-26(44)13-18-12-20(43)14-24(30-17(2)38)27(18)29(28)40)25(39)15-22(16)32-31-19-3-5-21(6-4-19)45(41,42)35(7-9-36)8-10-37/h3-6,11-15,36-37,39-40,43-44H,7-10H2,1-2H3,(H,30,38)/b32-31+,34-33+. The monoisotopic (exact) mass is 670 g/mol. The Hall–Kier alpha value is -4.06. The van der Waals surface area contributed by atoms with Gasteiger partial charge in [-0.2, -0.15) is 14.5 Å². The molecule has 4 rings (SSSR count). The highest BCUT2D eigenvalue weighted by atomic mass is 32.2. The van der Waals surface area contributed by atoms with E-state index in [1.54, 1.807) is 25.1 Å². The largest absolute Gasteiger partial charge is 0.506 e. The number of hydrogen-bond acceptors (Lipinski definition) is 13. The van der Waals surface area contributed by atoms with Gasteiger partial charge in [0, 0.05) is 41.3 Å². The second-order valence-electron chi connectivity index (χ2n) is 9.74. The first kappa shape index (κ1) is 33.8. The molecule has 0 radical (unpaired) electrons. The minimum Gasteiger partial charge on any atom is -0.506 e. The van der Waals surface area contributed by atoms with Crippen molar-refractivity contribution in [2.24, 2.45) is 20.5 Å². The molecule has 236 valence electrons. The maximum absolute atomic E-state index is 12.8. The number of carbonyl (C=O) groups excluding carboxylic acids is 1. The van der Waals surface area contributed by atoms with E-state index in [1.165, 1.54) is 43.3 Å². The lowest BCUT2D eigenvalue weighted by Crippen LogP contribution is -2.35. The van der Waals surface area contributed by atoms with E-state index in [9.17, 15) is 23.4 Å². The van der Waals surface area contributed by atoms with Gasteiger partial charge < -0.3 is 25.7 Å². The number of sulfonamides is 1. The quantitative estimate of drug-likeness (QED) is 0.0761. The summed E-state index contributed by atoms with van der Waals surface area (Å²) in [4.78, 5) is 12.6. The third-order valence-corrected chi connectivity index (χ3v) is 8.97. The van der Waals surface area contributed by atoms with Crippen LogP contribution in [0.3, 0.4) is 0 Å². The number of phenols is 2. The number of aliphatic hydroxyl groups is 2. The number of azo groups is 2. The number of amides is 1. The SMILES string of the molecule is CC(=O)Nc1cc(S)cc2cc(S)c(/N=N/c3cc(C)c(/N=N/c4ccc(S(=O)(=O)N(CCO)CCO)cc4)cc3O)c(O)c12. The molecule has 0 aliphatic heterocycles. The number of carbonyl (C=O) groups is 1. The van der Waals surface area contributed by atoms with Gasteiger partial charge in [-0.3, -0.25) is 4.79 Å². The molecule has 0 unspecified atom stereocenters. The predicted octanol–water partition coefficient (Wildman–Crippen LogP) is 5.90. The lowest BCUT2D eigenvalue weighted by Gasteiger charge is -2.20. The van der Waals surface area contributed by atoms with Crippen molar-refractivity contribution >= 4 is 80.4 Å². The normalized spacial score (nSPS) is 12.2. The highest BCUT2D eigenvalue weighted by Gasteiger charge is 2.23. The Morgan fingerprint density at radius 2 is 1.53 bits per heavy atom. The highest BCUT2D eigenvalue weighted by molar-refractivity contribution is 7.89. The number of anilines is 1. The van der Waals surface area contributed by atoms with Crippen LogP contribution in [0.15, 0.2) is 89.7 Å². The maximum Gasteiger partial charge on any atom is 0.243 e. The molecule has 0 fully saturated rings. The summed E-state index contributed by atoms with van der Waals surface area (Å²) in [6.07, 6.45) is 0. The average molecular weight is 671 g/mol. The number of aryl methyl sites for hydroxylation is 1. The second-order valence-corrected chi connectivity index (χ2v) is 12.7.